The molecular weight excluding hydrogens is 187 g/mol. The van der Waals surface area contributed by atoms with Gasteiger partial charge < -0.3 is 4.74 Å². The highest BCUT2D eigenvalue weighted by molar-refractivity contribution is 5.42. The van der Waals surface area contributed by atoms with E-state index >= 15 is 0 Å². The van der Waals surface area contributed by atoms with E-state index in [0.29, 0.717) is 6.20 Å². The molecular formula is C7H4F3NO2. The van der Waals surface area contributed by atoms with E-state index < -0.39 is 11.7 Å². The van der Waals surface area contributed by atoms with Crippen molar-refractivity contribution in [2.45, 2.75) is 6.18 Å². The van der Waals surface area contributed by atoms with Crippen LogP contribution in [0.5, 0.6) is 5.88 Å². The summed E-state index contributed by atoms with van der Waals surface area (Å²) in [5.74, 6) is -0.164. The van der Waals surface area contributed by atoms with E-state index in [2.05, 4.69) is 9.72 Å². The molecule has 0 aromatic carbocycles. The molecule has 0 aliphatic carbocycles. The number of nitrogens with zero attached hydrogens (tertiary/aromatic N) is 1. The molecule has 0 N–H and O–H groups in total. The summed E-state index contributed by atoms with van der Waals surface area (Å²) in [6, 6.07) is 1.75. The third kappa shape index (κ3) is 2.43. The van der Waals surface area contributed by atoms with Crippen LogP contribution < -0.4 is 4.74 Å². The lowest BCUT2D eigenvalue weighted by molar-refractivity contribution is -0.137. The van der Waals surface area contributed by atoms with Gasteiger partial charge in [0.25, 0.3) is 6.47 Å². The Morgan fingerprint density at radius 3 is 2.46 bits per heavy atom. The molecule has 0 aliphatic heterocycles. The molecule has 0 saturated heterocycles. The molecule has 0 aliphatic rings. The van der Waals surface area contributed by atoms with Gasteiger partial charge in [-0.2, -0.15) is 13.2 Å². The number of alkyl halides is 3. The summed E-state index contributed by atoms with van der Waals surface area (Å²) < 4.78 is 40.1. The zero-order valence-corrected chi connectivity index (χ0v) is 6.21. The topological polar surface area (TPSA) is 39.2 Å². The summed E-state index contributed by atoms with van der Waals surface area (Å²) in [6.45, 7) is 0.0929. The van der Waals surface area contributed by atoms with Gasteiger partial charge >= 0.3 is 6.18 Å². The van der Waals surface area contributed by atoms with Crippen LogP contribution in [-0.2, 0) is 11.0 Å². The number of halogens is 3. The Labute approximate surface area is 71.2 Å². The number of aromatic nitrogens is 1. The Morgan fingerprint density at radius 2 is 2.08 bits per heavy atom. The molecule has 0 unspecified atom stereocenters. The maximum Gasteiger partial charge on any atom is 0.417 e. The number of pyridine rings is 1. The fraction of sp³-hybridized carbons (Fsp3) is 0.143. The third-order valence-electron chi connectivity index (χ3n) is 1.23. The summed E-state index contributed by atoms with van der Waals surface area (Å²) >= 11 is 0. The Hall–Kier alpha value is -1.59. The summed E-state index contributed by atoms with van der Waals surface area (Å²) in [5, 5.41) is 0. The standard InChI is InChI=1S/C7H4F3NO2/c8-7(9,10)5-1-2-6(11-3-5)13-4-12/h1-4H. The maximum atomic E-state index is 12.0. The largest absolute Gasteiger partial charge is 0.417 e. The number of hydrogen-bond acceptors (Lipinski definition) is 3. The number of ether oxygens (including phenoxy) is 1. The average Bonchev–Trinajstić information content (AvgIpc) is 2.04. The molecule has 1 aromatic heterocycles. The predicted octanol–water partition coefficient (Wildman–Crippen LogP) is 1.64. The number of hydrogen-bond donors (Lipinski definition) is 0. The predicted molar refractivity (Wildman–Crippen MR) is 35.9 cm³/mol. The Balaban J connectivity index is 2.87. The SMILES string of the molecule is O=COc1ccc(C(F)(F)F)cn1. The zero-order valence-electron chi connectivity index (χ0n) is 6.21. The molecule has 13 heavy (non-hydrogen) atoms. The summed E-state index contributed by atoms with van der Waals surface area (Å²) in [5.41, 5.74) is -0.884. The Bertz CT molecular complexity index is 294. The minimum absolute atomic E-state index is 0.0929. The molecule has 1 aromatic rings. The molecule has 6 heteroatoms. The van der Waals surface area contributed by atoms with Crippen LogP contribution in [0, 0.1) is 0 Å². The van der Waals surface area contributed by atoms with Crippen LogP contribution >= 0.6 is 0 Å². The van der Waals surface area contributed by atoms with Crippen molar-refractivity contribution in [2.75, 3.05) is 0 Å². The van der Waals surface area contributed by atoms with Gasteiger partial charge in [-0.15, -0.1) is 0 Å². The lowest BCUT2D eigenvalue weighted by Crippen LogP contribution is -2.05. The number of rotatable bonds is 2. The average molecular weight is 191 g/mol. The van der Waals surface area contributed by atoms with Gasteiger partial charge in [0.2, 0.25) is 5.88 Å². The molecule has 0 atom stereocenters. The highest BCUT2D eigenvalue weighted by Gasteiger charge is 2.30. The second-order valence-electron chi connectivity index (χ2n) is 2.10. The smallest absolute Gasteiger partial charge is 0.410 e. The van der Waals surface area contributed by atoms with Crippen molar-refractivity contribution in [1.82, 2.24) is 4.98 Å². The molecule has 0 bridgehead atoms. The first-order valence-corrected chi connectivity index (χ1v) is 3.17. The van der Waals surface area contributed by atoms with E-state index in [1.54, 1.807) is 0 Å². The van der Waals surface area contributed by atoms with Gasteiger partial charge in [-0.3, -0.25) is 4.79 Å². The van der Waals surface area contributed by atoms with Gasteiger partial charge in [-0.05, 0) is 6.07 Å². The van der Waals surface area contributed by atoms with Crippen LogP contribution in [0.3, 0.4) is 0 Å². The highest BCUT2D eigenvalue weighted by atomic mass is 19.4. The van der Waals surface area contributed by atoms with Gasteiger partial charge in [-0.25, -0.2) is 4.98 Å². The Morgan fingerprint density at radius 1 is 1.38 bits per heavy atom. The van der Waals surface area contributed by atoms with E-state index in [4.69, 9.17) is 0 Å². The van der Waals surface area contributed by atoms with Crippen molar-refractivity contribution in [3.05, 3.63) is 23.9 Å². The van der Waals surface area contributed by atoms with Gasteiger partial charge in [0, 0.05) is 12.3 Å². The van der Waals surface area contributed by atoms with Crippen LogP contribution in [0.4, 0.5) is 13.2 Å². The zero-order chi connectivity index (χ0) is 9.90. The third-order valence-corrected chi connectivity index (χ3v) is 1.23. The quantitative estimate of drug-likeness (QED) is 0.667. The lowest BCUT2D eigenvalue weighted by atomic mass is 10.3. The van der Waals surface area contributed by atoms with Crippen molar-refractivity contribution < 1.29 is 22.7 Å². The molecule has 0 radical (unpaired) electrons. The van der Waals surface area contributed by atoms with Crippen LogP contribution in [0.25, 0.3) is 0 Å². The van der Waals surface area contributed by atoms with Crippen LogP contribution in [0.1, 0.15) is 5.56 Å². The van der Waals surface area contributed by atoms with Crippen molar-refractivity contribution in [2.24, 2.45) is 0 Å². The van der Waals surface area contributed by atoms with E-state index in [-0.39, 0.29) is 12.4 Å². The van der Waals surface area contributed by atoms with E-state index in [1.807, 2.05) is 0 Å². The number of carbonyl (C=O) groups excluding carboxylic acids is 1. The molecule has 0 fully saturated rings. The van der Waals surface area contributed by atoms with E-state index in [9.17, 15) is 18.0 Å². The van der Waals surface area contributed by atoms with Crippen molar-refractivity contribution in [1.29, 1.82) is 0 Å². The minimum atomic E-state index is -4.42. The highest BCUT2D eigenvalue weighted by Crippen LogP contribution is 2.28. The van der Waals surface area contributed by atoms with E-state index in [1.165, 1.54) is 0 Å². The van der Waals surface area contributed by atoms with Gasteiger partial charge in [0.15, 0.2) is 0 Å². The molecule has 1 heterocycles. The first-order valence-electron chi connectivity index (χ1n) is 3.17. The molecule has 0 saturated carbocycles. The van der Waals surface area contributed by atoms with Gasteiger partial charge in [-0.1, -0.05) is 0 Å². The monoisotopic (exact) mass is 191 g/mol. The Kier molecular flexibility index (Phi) is 2.50. The second kappa shape index (κ2) is 3.42. The first kappa shape index (κ1) is 9.50. The van der Waals surface area contributed by atoms with E-state index in [0.717, 1.165) is 12.1 Å². The molecule has 1 rings (SSSR count). The normalized spacial score (nSPS) is 11.0. The summed E-state index contributed by atoms with van der Waals surface area (Å²) in [6.07, 6.45) is -3.83. The number of carbonyl (C=O) groups is 1. The summed E-state index contributed by atoms with van der Waals surface area (Å²) in [4.78, 5) is 13.0. The fourth-order valence-electron chi connectivity index (χ4n) is 0.667. The van der Waals surface area contributed by atoms with Crippen molar-refractivity contribution in [3.63, 3.8) is 0 Å². The van der Waals surface area contributed by atoms with Crippen LogP contribution in [0.2, 0.25) is 0 Å². The van der Waals surface area contributed by atoms with Crippen molar-refractivity contribution >= 4 is 6.47 Å². The van der Waals surface area contributed by atoms with Crippen LogP contribution in [-0.4, -0.2) is 11.5 Å². The lowest BCUT2D eigenvalue weighted by Gasteiger charge is -2.05. The van der Waals surface area contributed by atoms with Crippen molar-refractivity contribution in [3.8, 4) is 5.88 Å². The van der Waals surface area contributed by atoms with Gasteiger partial charge in [0.05, 0.1) is 5.56 Å². The summed E-state index contributed by atoms with van der Waals surface area (Å²) in [7, 11) is 0. The molecule has 70 valence electrons. The molecule has 0 spiro atoms. The first-order chi connectivity index (χ1) is 6.04. The van der Waals surface area contributed by atoms with Gasteiger partial charge in [0.1, 0.15) is 0 Å². The molecule has 3 nitrogen and oxygen atoms in total. The minimum Gasteiger partial charge on any atom is -0.410 e. The maximum absolute atomic E-state index is 12.0. The van der Waals surface area contributed by atoms with Crippen LogP contribution in [0.15, 0.2) is 18.3 Å². The molecule has 0 amide bonds. The fourth-order valence-corrected chi connectivity index (χ4v) is 0.667. The second-order valence-corrected chi connectivity index (χ2v) is 2.10.